The first-order valence-corrected chi connectivity index (χ1v) is 6.33. The molecule has 0 unspecified atom stereocenters. The third-order valence-electron chi connectivity index (χ3n) is 2.87. The van der Waals surface area contributed by atoms with Gasteiger partial charge >= 0.3 is 0 Å². The fourth-order valence-electron chi connectivity index (χ4n) is 2.12. The molecule has 90 valence electrons. The lowest BCUT2D eigenvalue weighted by Gasteiger charge is -2.18. The van der Waals surface area contributed by atoms with Crippen molar-refractivity contribution in [1.29, 1.82) is 0 Å². The van der Waals surface area contributed by atoms with Crippen LogP contribution in [0.5, 0.6) is 0 Å². The van der Waals surface area contributed by atoms with Crippen molar-refractivity contribution in [3.8, 4) is 0 Å². The topological polar surface area (TPSA) is 30.5 Å². The van der Waals surface area contributed by atoms with Gasteiger partial charge in [-0.2, -0.15) is 0 Å². The Bertz CT molecular complexity index is 141. The minimum absolute atomic E-state index is 0.0195. The van der Waals surface area contributed by atoms with Gasteiger partial charge in [-0.3, -0.25) is 0 Å². The van der Waals surface area contributed by atoms with Crippen molar-refractivity contribution < 1.29 is 9.47 Å². The molecule has 0 heterocycles. The van der Waals surface area contributed by atoms with E-state index in [1.54, 1.807) is 0 Å². The molecule has 3 nitrogen and oxygen atoms in total. The fourth-order valence-corrected chi connectivity index (χ4v) is 2.12. The first-order valence-electron chi connectivity index (χ1n) is 6.33. The van der Waals surface area contributed by atoms with Crippen molar-refractivity contribution in [3.05, 3.63) is 0 Å². The molecule has 1 aliphatic carbocycles. The molecule has 1 aliphatic rings. The summed E-state index contributed by atoms with van der Waals surface area (Å²) in [7, 11) is 0. The Morgan fingerprint density at radius 3 is 2.27 bits per heavy atom. The minimum Gasteiger partial charge on any atom is -0.353 e. The number of rotatable bonds is 8. The molecular weight excluding hydrogens is 190 g/mol. The predicted octanol–water partition coefficient (Wildman–Crippen LogP) is 2.31. The van der Waals surface area contributed by atoms with Crippen LogP contribution >= 0.6 is 0 Å². The normalized spacial score (nSPS) is 17.8. The van der Waals surface area contributed by atoms with Gasteiger partial charge in [-0.25, -0.2) is 0 Å². The summed E-state index contributed by atoms with van der Waals surface area (Å²) in [6.07, 6.45) is 6.39. The van der Waals surface area contributed by atoms with Crippen LogP contribution in [-0.4, -0.2) is 32.1 Å². The van der Waals surface area contributed by atoms with E-state index in [9.17, 15) is 0 Å². The van der Waals surface area contributed by atoms with E-state index in [-0.39, 0.29) is 6.29 Å². The van der Waals surface area contributed by atoms with Crippen LogP contribution in [0.25, 0.3) is 0 Å². The summed E-state index contributed by atoms with van der Waals surface area (Å²) in [5.74, 6) is 0. The molecule has 0 aliphatic heterocycles. The Kier molecular flexibility index (Phi) is 6.98. The van der Waals surface area contributed by atoms with E-state index < -0.39 is 0 Å². The maximum atomic E-state index is 5.48. The highest BCUT2D eigenvalue weighted by atomic mass is 16.7. The average molecular weight is 215 g/mol. The zero-order chi connectivity index (χ0) is 10.9. The summed E-state index contributed by atoms with van der Waals surface area (Å²) in [4.78, 5) is 0. The molecule has 15 heavy (non-hydrogen) atoms. The smallest absolute Gasteiger partial charge is 0.158 e. The van der Waals surface area contributed by atoms with Crippen LogP contribution in [-0.2, 0) is 9.47 Å². The van der Waals surface area contributed by atoms with Gasteiger partial charge in [0.2, 0.25) is 0 Å². The van der Waals surface area contributed by atoms with Crippen molar-refractivity contribution in [2.75, 3.05) is 19.8 Å². The van der Waals surface area contributed by atoms with Crippen molar-refractivity contribution in [2.45, 2.75) is 58.3 Å². The van der Waals surface area contributed by atoms with E-state index in [0.717, 1.165) is 32.2 Å². The van der Waals surface area contributed by atoms with E-state index >= 15 is 0 Å². The molecule has 3 heteroatoms. The Balaban J connectivity index is 2.04. The highest BCUT2D eigenvalue weighted by Crippen LogP contribution is 2.17. The molecule has 0 spiro atoms. The van der Waals surface area contributed by atoms with E-state index in [1.807, 2.05) is 13.8 Å². The highest BCUT2D eigenvalue weighted by molar-refractivity contribution is 4.73. The Hall–Kier alpha value is -0.120. The van der Waals surface area contributed by atoms with E-state index in [1.165, 1.54) is 25.7 Å². The summed E-state index contributed by atoms with van der Waals surface area (Å²) in [5.41, 5.74) is 0. The molecule has 1 rings (SSSR count). The van der Waals surface area contributed by atoms with E-state index in [2.05, 4.69) is 5.32 Å². The lowest BCUT2D eigenvalue weighted by atomic mass is 10.2. The molecule has 1 N–H and O–H groups in total. The minimum atomic E-state index is -0.0195. The zero-order valence-corrected chi connectivity index (χ0v) is 10.1. The summed E-state index contributed by atoms with van der Waals surface area (Å²) in [5, 5.41) is 3.57. The molecule has 0 radical (unpaired) electrons. The Labute approximate surface area is 93.5 Å². The molecule has 0 aromatic carbocycles. The molecule has 0 aromatic heterocycles. The van der Waals surface area contributed by atoms with E-state index in [0.29, 0.717) is 0 Å². The largest absolute Gasteiger partial charge is 0.353 e. The standard InChI is InChI=1S/C12H25NO2/c1-3-14-12(15-4-2)9-10-13-11-7-5-6-8-11/h11-13H,3-10H2,1-2H3. The molecule has 0 aromatic rings. The molecule has 1 fully saturated rings. The van der Waals surface area contributed by atoms with Gasteiger partial charge in [0.05, 0.1) is 0 Å². The molecular formula is C12H25NO2. The lowest BCUT2D eigenvalue weighted by Crippen LogP contribution is -2.30. The SMILES string of the molecule is CCOC(CCNC1CCCC1)OCC. The van der Waals surface area contributed by atoms with Crippen molar-refractivity contribution in [1.82, 2.24) is 5.32 Å². The zero-order valence-electron chi connectivity index (χ0n) is 10.1. The van der Waals surface area contributed by atoms with Crippen molar-refractivity contribution in [2.24, 2.45) is 0 Å². The van der Waals surface area contributed by atoms with Gasteiger partial charge in [0.15, 0.2) is 6.29 Å². The summed E-state index contributed by atoms with van der Waals surface area (Å²) >= 11 is 0. The third kappa shape index (κ3) is 5.50. The second-order valence-electron chi connectivity index (χ2n) is 4.06. The third-order valence-corrected chi connectivity index (χ3v) is 2.87. The van der Waals surface area contributed by atoms with Gasteiger partial charge in [0.25, 0.3) is 0 Å². The van der Waals surface area contributed by atoms with Crippen LogP contribution in [0.3, 0.4) is 0 Å². The second kappa shape index (κ2) is 8.08. The van der Waals surface area contributed by atoms with Gasteiger partial charge in [-0.05, 0) is 26.7 Å². The second-order valence-corrected chi connectivity index (χ2v) is 4.06. The lowest BCUT2D eigenvalue weighted by molar-refractivity contribution is -0.138. The van der Waals surface area contributed by atoms with Crippen molar-refractivity contribution >= 4 is 0 Å². The Morgan fingerprint density at radius 1 is 1.13 bits per heavy atom. The fraction of sp³-hybridized carbons (Fsp3) is 1.00. The van der Waals surface area contributed by atoms with Gasteiger partial charge in [-0.1, -0.05) is 12.8 Å². The average Bonchev–Trinajstić information content (AvgIpc) is 2.71. The van der Waals surface area contributed by atoms with Crippen LogP contribution in [0.2, 0.25) is 0 Å². The van der Waals surface area contributed by atoms with Crippen LogP contribution in [0.4, 0.5) is 0 Å². The van der Waals surface area contributed by atoms with Crippen LogP contribution in [0.1, 0.15) is 46.0 Å². The maximum absolute atomic E-state index is 5.48. The first-order chi connectivity index (χ1) is 7.36. The van der Waals surface area contributed by atoms with Gasteiger partial charge in [0.1, 0.15) is 0 Å². The van der Waals surface area contributed by atoms with E-state index in [4.69, 9.17) is 9.47 Å². The molecule has 0 bridgehead atoms. The number of ether oxygens (including phenoxy) is 2. The summed E-state index contributed by atoms with van der Waals surface area (Å²) in [6.45, 7) is 6.49. The summed E-state index contributed by atoms with van der Waals surface area (Å²) in [6, 6.07) is 0.744. The number of nitrogens with one attached hydrogen (secondary N) is 1. The predicted molar refractivity (Wildman–Crippen MR) is 61.9 cm³/mol. The monoisotopic (exact) mass is 215 g/mol. The quantitative estimate of drug-likeness (QED) is 0.630. The number of hydrogen-bond donors (Lipinski definition) is 1. The number of hydrogen-bond acceptors (Lipinski definition) is 3. The maximum Gasteiger partial charge on any atom is 0.158 e. The van der Waals surface area contributed by atoms with Gasteiger partial charge < -0.3 is 14.8 Å². The van der Waals surface area contributed by atoms with Crippen LogP contribution < -0.4 is 5.32 Å². The van der Waals surface area contributed by atoms with Crippen LogP contribution in [0.15, 0.2) is 0 Å². The molecule has 0 atom stereocenters. The first kappa shape index (κ1) is 12.9. The molecule has 0 saturated heterocycles. The van der Waals surface area contributed by atoms with Crippen molar-refractivity contribution in [3.63, 3.8) is 0 Å². The highest BCUT2D eigenvalue weighted by Gasteiger charge is 2.14. The van der Waals surface area contributed by atoms with Crippen LogP contribution in [0, 0.1) is 0 Å². The molecule has 0 amide bonds. The van der Waals surface area contributed by atoms with Gasteiger partial charge in [0, 0.05) is 32.2 Å². The molecule has 1 saturated carbocycles. The van der Waals surface area contributed by atoms with Gasteiger partial charge in [-0.15, -0.1) is 0 Å². The summed E-state index contributed by atoms with van der Waals surface area (Å²) < 4.78 is 11.0. The Morgan fingerprint density at radius 2 is 1.73 bits per heavy atom.